The molecule has 0 radical (unpaired) electrons. The zero-order chi connectivity index (χ0) is 19.4. The van der Waals surface area contributed by atoms with Crippen molar-refractivity contribution < 1.29 is 9.59 Å². The minimum Gasteiger partial charge on any atom is -0.367 e. The molecule has 1 aromatic heterocycles. The fraction of sp³-hybridized carbons (Fsp3) is 0.684. The highest BCUT2D eigenvalue weighted by molar-refractivity contribution is 5.97. The van der Waals surface area contributed by atoms with Gasteiger partial charge in [0.15, 0.2) is 0 Å². The van der Waals surface area contributed by atoms with Crippen LogP contribution in [0.15, 0.2) is 6.20 Å². The molecule has 0 unspecified atom stereocenters. The number of amides is 2. The van der Waals surface area contributed by atoms with Crippen LogP contribution in [0, 0.1) is 5.92 Å². The summed E-state index contributed by atoms with van der Waals surface area (Å²) in [6, 6.07) is 0.560. The Bertz CT molecular complexity index is 681. The number of rotatable bonds is 7. The van der Waals surface area contributed by atoms with Gasteiger partial charge in [-0.05, 0) is 38.0 Å². The Hall–Kier alpha value is -2.38. The summed E-state index contributed by atoms with van der Waals surface area (Å²) >= 11 is 0. The third kappa shape index (κ3) is 5.08. The Labute approximate surface area is 160 Å². The molecule has 1 aliphatic carbocycles. The minimum atomic E-state index is -0.527. The first-order chi connectivity index (χ1) is 12.9. The van der Waals surface area contributed by atoms with Crippen molar-refractivity contribution in [3.05, 3.63) is 11.8 Å². The molecule has 0 aromatic carbocycles. The van der Waals surface area contributed by atoms with Crippen LogP contribution in [0.1, 0.15) is 62.7 Å². The highest BCUT2D eigenvalue weighted by Crippen LogP contribution is 2.25. The fourth-order valence-corrected chi connectivity index (χ4v) is 3.42. The summed E-state index contributed by atoms with van der Waals surface area (Å²) in [5.41, 5.74) is 5.77. The molecule has 1 aliphatic heterocycles. The van der Waals surface area contributed by atoms with Gasteiger partial charge in [-0.3, -0.25) is 9.59 Å². The number of piperidine rings is 1. The van der Waals surface area contributed by atoms with Crippen molar-refractivity contribution >= 4 is 23.6 Å². The van der Waals surface area contributed by atoms with Gasteiger partial charge in [0.1, 0.15) is 5.82 Å². The van der Waals surface area contributed by atoms with Crippen molar-refractivity contribution in [3.63, 3.8) is 0 Å². The molecule has 148 valence electrons. The predicted molar refractivity (Wildman–Crippen MR) is 104 cm³/mol. The van der Waals surface area contributed by atoms with Gasteiger partial charge in [0, 0.05) is 37.8 Å². The number of nitrogens with zero attached hydrogens (tertiary/aromatic N) is 3. The van der Waals surface area contributed by atoms with Crippen LogP contribution in [0.5, 0.6) is 0 Å². The lowest BCUT2D eigenvalue weighted by molar-refractivity contribution is -0.132. The standard InChI is InChI=1S/C19H30N6O2/c1-12(2)10-16(26)25-8-6-14(7-9-25)23-19-21-11-15(17(20)27)18(24-19)22-13-4-3-5-13/h11-14H,3-10H2,1-2H3,(H2,20,27)(H2,21,22,23,24). The second-order valence-corrected chi connectivity index (χ2v) is 7.99. The highest BCUT2D eigenvalue weighted by Gasteiger charge is 2.25. The van der Waals surface area contributed by atoms with Crippen molar-refractivity contribution in [2.24, 2.45) is 11.7 Å². The summed E-state index contributed by atoms with van der Waals surface area (Å²) in [5.74, 6) is 1.09. The average molecular weight is 374 g/mol. The summed E-state index contributed by atoms with van der Waals surface area (Å²) < 4.78 is 0. The number of primary amides is 1. The van der Waals surface area contributed by atoms with Crippen LogP contribution in [0.25, 0.3) is 0 Å². The number of nitrogens with one attached hydrogen (secondary N) is 2. The molecule has 1 aromatic rings. The molecule has 8 heteroatoms. The van der Waals surface area contributed by atoms with Crippen molar-refractivity contribution in [2.45, 2.75) is 64.5 Å². The molecule has 8 nitrogen and oxygen atoms in total. The van der Waals surface area contributed by atoms with E-state index in [2.05, 4.69) is 34.4 Å². The van der Waals surface area contributed by atoms with Crippen molar-refractivity contribution in [2.75, 3.05) is 23.7 Å². The van der Waals surface area contributed by atoms with Gasteiger partial charge in [-0.15, -0.1) is 0 Å². The fourth-order valence-electron chi connectivity index (χ4n) is 3.42. The Morgan fingerprint density at radius 2 is 1.85 bits per heavy atom. The summed E-state index contributed by atoms with van der Waals surface area (Å²) in [6.45, 7) is 5.62. The van der Waals surface area contributed by atoms with E-state index >= 15 is 0 Å². The van der Waals surface area contributed by atoms with Gasteiger partial charge >= 0.3 is 0 Å². The second kappa shape index (κ2) is 8.54. The predicted octanol–water partition coefficient (Wildman–Crippen LogP) is 1.99. The van der Waals surface area contributed by atoms with Crippen molar-refractivity contribution in [3.8, 4) is 0 Å². The molecule has 4 N–H and O–H groups in total. The molecule has 0 spiro atoms. The first-order valence-corrected chi connectivity index (χ1v) is 9.90. The molecule has 2 amide bonds. The minimum absolute atomic E-state index is 0.212. The number of anilines is 2. The van der Waals surface area contributed by atoms with Crippen LogP contribution in [-0.2, 0) is 4.79 Å². The summed E-state index contributed by atoms with van der Waals surface area (Å²) in [7, 11) is 0. The van der Waals surface area contributed by atoms with Crippen LogP contribution in [-0.4, -0.2) is 51.9 Å². The van der Waals surface area contributed by atoms with Gasteiger partial charge in [0.05, 0.1) is 5.56 Å². The molecule has 2 aliphatic rings. The van der Waals surface area contributed by atoms with Gasteiger partial charge in [-0.25, -0.2) is 4.98 Å². The summed E-state index contributed by atoms with van der Waals surface area (Å²) in [6.07, 6.45) is 7.15. The second-order valence-electron chi connectivity index (χ2n) is 7.99. The molecule has 2 heterocycles. The zero-order valence-electron chi connectivity index (χ0n) is 16.2. The van der Waals surface area contributed by atoms with Crippen molar-refractivity contribution in [1.82, 2.24) is 14.9 Å². The van der Waals surface area contributed by atoms with E-state index in [1.165, 1.54) is 12.6 Å². The molecule has 3 rings (SSSR count). The van der Waals surface area contributed by atoms with E-state index in [1.54, 1.807) is 0 Å². The summed E-state index contributed by atoms with van der Waals surface area (Å²) in [4.78, 5) is 34.5. The maximum absolute atomic E-state index is 12.2. The third-order valence-corrected chi connectivity index (χ3v) is 5.26. The van der Waals surface area contributed by atoms with Gasteiger partial charge in [-0.1, -0.05) is 13.8 Å². The molecule has 1 saturated heterocycles. The molecular formula is C19H30N6O2. The highest BCUT2D eigenvalue weighted by atomic mass is 16.2. The van der Waals surface area contributed by atoms with E-state index in [0.29, 0.717) is 35.7 Å². The number of carbonyl (C=O) groups is 2. The number of aromatic nitrogens is 2. The Balaban J connectivity index is 1.58. The van der Waals surface area contributed by atoms with E-state index in [1.807, 2.05) is 4.90 Å². The molecule has 27 heavy (non-hydrogen) atoms. The number of likely N-dealkylation sites (tertiary alicyclic amines) is 1. The summed E-state index contributed by atoms with van der Waals surface area (Å²) in [5, 5.41) is 6.65. The van der Waals surface area contributed by atoms with Crippen LogP contribution < -0.4 is 16.4 Å². The SMILES string of the molecule is CC(C)CC(=O)N1CCC(Nc2ncc(C(N)=O)c(NC3CCC3)n2)CC1. The number of carbonyl (C=O) groups excluding carboxylic acids is 2. The van der Waals surface area contributed by atoms with Gasteiger partial charge < -0.3 is 21.3 Å². The van der Waals surface area contributed by atoms with E-state index in [-0.39, 0.29) is 11.9 Å². The van der Waals surface area contributed by atoms with Crippen LogP contribution >= 0.6 is 0 Å². The number of nitrogens with two attached hydrogens (primary N) is 1. The van der Waals surface area contributed by atoms with E-state index in [4.69, 9.17) is 5.73 Å². The lowest BCUT2D eigenvalue weighted by Crippen LogP contribution is -2.43. The Morgan fingerprint density at radius 3 is 2.41 bits per heavy atom. The van der Waals surface area contributed by atoms with E-state index in [0.717, 1.165) is 38.8 Å². The maximum Gasteiger partial charge on any atom is 0.254 e. The van der Waals surface area contributed by atoms with Crippen LogP contribution in [0.2, 0.25) is 0 Å². The lowest BCUT2D eigenvalue weighted by Gasteiger charge is -2.33. The van der Waals surface area contributed by atoms with Crippen LogP contribution in [0.3, 0.4) is 0 Å². The maximum atomic E-state index is 12.2. The topological polar surface area (TPSA) is 113 Å². The lowest BCUT2D eigenvalue weighted by atomic mass is 9.93. The average Bonchev–Trinajstić information content (AvgIpc) is 2.58. The Kier molecular flexibility index (Phi) is 6.13. The van der Waals surface area contributed by atoms with E-state index in [9.17, 15) is 9.59 Å². The van der Waals surface area contributed by atoms with Crippen LogP contribution in [0.4, 0.5) is 11.8 Å². The molecule has 0 bridgehead atoms. The largest absolute Gasteiger partial charge is 0.367 e. The first-order valence-electron chi connectivity index (χ1n) is 9.90. The molecule has 1 saturated carbocycles. The van der Waals surface area contributed by atoms with Gasteiger partial charge in [-0.2, -0.15) is 4.98 Å². The zero-order valence-corrected chi connectivity index (χ0v) is 16.2. The monoisotopic (exact) mass is 374 g/mol. The smallest absolute Gasteiger partial charge is 0.254 e. The van der Waals surface area contributed by atoms with E-state index < -0.39 is 5.91 Å². The quantitative estimate of drug-likeness (QED) is 0.673. The number of hydrogen-bond donors (Lipinski definition) is 3. The number of hydrogen-bond acceptors (Lipinski definition) is 6. The Morgan fingerprint density at radius 1 is 1.19 bits per heavy atom. The molecular weight excluding hydrogens is 344 g/mol. The first kappa shape index (κ1) is 19.4. The molecule has 2 fully saturated rings. The molecule has 0 atom stereocenters. The van der Waals surface area contributed by atoms with Gasteiger partial charge in [0.25, 0.3) is 5.91 Å². The van der Waals surface area contributed by atoms with Gasteiger partial charge in [0.2, 0.25) is 11.9 Å². The third-order valence-electron chi connectivity index (χ3n) is 5.26. The normalized spacial score (nSPS) is 18.3. The van der Waals surface area contributed by atoms with Crippen molar-refractivity contribution in [1.29, 1.82) is 0 Å².